The summed E-state index contributed by atoms with van der Waals surface area (Å²) in [5.41, 5.74) is 1.40. The van der Waals surface area contributed by atoms with Gasteiger partial charge in [0.1, 0.15) is 12.1 Å². The van der Waals surface area contributed by atoms with Gasteiger partial charge >= 0.3 is 5.97 Å². The number of carbonyl (C=O) groups excluding carboxylic acids is 1. The fourth-order valence-corrected chi connectivity index (χ4v) is 3.26. The minimum Gasteiger partial charge on any atom is -0.461 e. The average molecular weight is 288 g/mol. The molecule has 2 heterocycles. The van der Waals surface area contributed by atoms with Crippen LogP contribution in [-0.2, 0) is 16.0 Å². The highest BCUT2D eigenvalue weighted by Crippen LogP contribution is 2.21. The number of esters is 1. The van der Waals surface area contributed by atoms with E-state index in [2.05, 4.69) is 40.1 Å². The van der Waals surface area contributed by atoms with Gasteiger partial charge in [0.15, 0.2) is 0 Å². The van der Waals surface area contributed by atoms with Crippen molar-refractivity contribution in [3.8, 4) is 0 Å². The Bertz CT molecular complexity index is 469. The van der Waals surface area contributed by atoms with Crippen molar-refractivity contribution in [2.45, 2.75) is 31.9 Å². The molecule has 21 heavy (non-hydrogen) atoms. The lowest BCUT2D eigenvalue weighted by Crippen LogP contribution is -2.51. The number of nitrogens with zero attached hydrogens (tertiary/aromatic N) is 2. The first-order chi connectivity index (χ1) is 10.2. The maximum Gasteiger partial charge on any atom is 0.323 e. The third-order valence-corrected chi connectivity index (χ3v) is 4.55. The Kier molecular flexibility index (Phi) is 4.56. The van der Waals surface area contributed by atoms with Crippen LogP contribution in [0.2, 0.25) is 0 Å². The largest absolute Gasteiger partial charge is 0.461 e. The Morgan fingerprint density at radius 1 is 1.14 bits per heavy atom. The monoisotopic (exact) mass is 288 g/mol. The SMILES string of the molecule is CC1CC(N2CCN(CCc3ccccc3)CC2)C(=O)O1. The molecule has 4 heteroatoms. The van der Waals surface area contributed by atoms with E-state index in [0.717, 1.165) is 45.6 Å². The van der Waals surface area contributed by atoms with Crippen LogP contribution in [-0.4, -0.2) is 60.6 Å². The van der Waals surface area contributed by atoms with Crippen LogP contribution in [0.1, 0.15) is 18.9 Å². The Morgan fingerprint density at radius 2 is 1.86 bits per heavy atom. The molecule has 0 radical (unpaired) electrons. The molecule has 2 unspecified atom stereocenters. The summed E-state index contributed by atoms with van der Waals surface area (Å²) in [5, 5.41) is 0. The van der Waals surface area contributed by atoms with E-state index < -0.39 is 0 Å². The third kappa shape index (κ3) is 3.63. The second-order valence-corrected chi connectivity index (χ2v) is 6.11. The number of cyclic esters (lactones) is 1. The number of benzene rings is 1. The van der Waals surface area contributed by atoms with Crippen molar-refractivity contribution < 1.29 is 9.53 Å². The van der Waals surface area contributed by atoms with Crippen molar-refractivity contribution in [3.63, 3.8) is 0 Å². The molecule has 0 aromatic heterocycles. The van der Waals surface area contributed by atoms with E-state index >= 15 is 0 Å². The molecule has 114 valence electrons. The minimum absolute atomic E-state index is 0.00345. The molecule has 2 aliphatic rings. The molecule has 0 N–H and O–H groups in total. The van der Waals surface area contributed by atoms with Gasteiger partial charge in [0.05, 0.1) is 0 Å². The molecule has 1 aromatic carbocycles. The first-order valence-corrected chi connectivity index (χ1v) is 7.93. The summed E-state index contributed by atoms with van der Waals surface area (Å²) in [6, 6.07) is 10.6. The van der Waals surface area contributed by atoms with Crippen molar-refractivity contribution in [2.75, 3.05) is 32.7 Å². The maximum atomic E-state index is 11.8. The number of hydrogen-bond donors (Lipinski definition) is 0. The predicted octanol–water partition coefficient (Wildman–Crippen LogP) is 1.55. The summed E-state index contributed by atoms with van der Waals surface area (Å²) in [6.07, 6.45) is 2.03. The summed E-state index contributed by atoms with van der Waals surface area (Å²) in [7, 11) is 0. The van der Waals surface area contributed by atoms with Gasteiger partial charge in [-0.3, -0.25) is 9.69 Å². The number of rotatable bonds is 4. The van der Waals surface area contributed by atoms with Crippen LogP contribution in [0.3, 0.4) is 0 Å². The van der Waals surface area contributed by atoms with E-state index in [1.807, 2.05) is 6.92 Å². The summed E-state index contributed by atoms with van der Waals surface area (Å²) < 4.78 is 5.26. The molecule has 3 rings (SSSR count). The van der Waals surface area contributed by atoms with E-state index in [0.29, 0.717) is 0 Å². The van der Waals surface area contributed by atoms with Crippen LogP contribution >= 0.6 is 0 Å². The molecule has 0 aliphatic carbocycles. The molecule has 0 spiro atoms. The van der Waals surface area contributed by atoms with Crippen LogP contribution in [0.25, 0.3) is 0 Å². The Hall–Kier alpha value is -1.39. The fraction of sp³-hybridized carbons (Fsp3) is 0.588. The van der Waals surface area contributed by atoms with Gasteiger partial charge in [-0.15, -0.1) is 0 Å². The van der Waals surface area contributed by atoms with Crippen LogP contribution in [0.4, 0.5) is 0 Å². The Balaban J connectivity index is 1.44. The van der Waals surface area contributed by atoms with Crippen molar-refractivity contribution >= 4 is 5.97 Å². The predicted molar refractivity (Wildman–Crippen MR) is 82.1 cm³/mol. The first kappa shape index (κ1) is 14.5. The number of hydrogen-bond acceptors (Lipinski definition) is 4. The fourth-order valence-electron chi connectivity index (χ4n) is 3.26. The number of carbonyl (C=O) groups is 1. The summed E-state index contributed by atoms with van der Waals surface area (Å²) in [4.78, 5) is 16.6. The molecular formula is C17H24N2O2. The lowest BCUT2D eigenvalue weighted by Gasteiger charge is -2.36. The standard InChI is InChI=1S/C17H24N2O2/c1-14-13-16(17(20)21-14)19-11-9-18(10-12-19)8-7-15-5-3-2-4-6-15/h2-6,14,16H,7-13H2,1H3. The average Bonchev–Trinajstić information content (AvgIpc) is 2.85. The lowest BCUT2D eigenvalue weighted by molar-refractivity contribution is -0.145. The van der Waals surface area contributed by atoms with Gasteiger partial charge in [0, 0.05) is 39.1 Å². The van der Waals surface area contributed by atoms with E-state index in [1.165, 1.54) is 5.56 Å². The minimum atomic E-state index is -0.0276. The highest BCUT2D eigenvalue weighted by molar-refractivity contribution is 5.78. The molecule has 2 fully saturated rings. The van der Waals surface area contributed by atoms with Gasteiger partial charge in [-0.2, -0.15) is 0 Å². The van der Waals surface area contributed by atoms with Crippen molar-refractivity contribution in [1.29, 1.82) is 0 Å². The highest BCUT2D eigenvalue weighted by atomic mass is 16.6. The first-order valence-electron chi connectivity index (χ1n) is 7.93. The lowest BCUT2D eigenvalue weighted by atomic mass is 10.1. The van der Waals surface area contributed by atoms with Gasteiger partial charge in [-0.25, -0.2) is 0 Å². The van der Waals surface area contributed by atoms with Crippen LogP contribution in [0.5, 0.6) is 0 Å². The van der Waals surface area contributed by atoms with Crippen LogP contribution in [0.15, 0.2) is 30.3 Å². The molecule has 1 aromatic rings. The van der Waals surface area contributed by atoms with Gasteiger partial charge in [-0.1, -0.05) is 30.3 Å². The van der Waals surface area contributed by atoms with E-state index in [1.54, 1.807) is 0 Å². The number of piperazine rings is 1. The van der Waals surface area contributed by atoms with Crippen molar-refractivity contribution in [1.82, 2.24) is 9.80 Å². The Labute approximate surface area is 126 Å². The van der Waals surface area contributed by atoms with Crippen molar-refractivity contribution in [2.24, 2.45) is 0 Å². The number of ether oxygens (including phenoxy) is 1. The topological polar surface area (TPSA) is 32.8 Å². The molecule has 0 amide bonds. The zero-order valence-electron chi connectivity index (χ0n) is 12.7. The van der Waals surface area contributed by atoms with Crippen LogP contribution < -0.4 is 0 Å². The van der Waals surface area contributed by atoms with Gasteiger partial charge in [0.25, 0.3) is 0 Å². The third-order valence-electron chi connectivity index (χ3n) is 4.55. The van der Waals surface area contributed by atoms with E-state index in [-0.39, 0.29) is 18.1 Å². The molecule has 4 nitrogen and oxygen atoms in total. The van der Waals surface area contributed by atoms with E-state index in [9.17, 15) is 4.79 Å². The molecule has 2 atom stereocenters. The molecule has 2 saturated heterocycles. The molecule has 0 bridgehead atoms. The zero-order chi connectivity index (χ0) is 14.7. The normalized spacial score (nSPS) is 27.8. The summed E-state index contributed by atoms with van der Waals surface area (Å²) in [5.74, 6) is -0.0276. The highest BCUT2D eigenvalue weighted by Gasteiger charge is 2.37. The van der Waals surface area contributed by atoms with Gasteiger partial charge in [-0.05, 0) is 18.9 Å². The van der Waals surface area contributed by atoms with E-state index in [4.69, 9.17) is 4.74 Å². The molecular weight excluding hydrogens is 264 g/mol. The second kappa shape index (κ2) is 6.58. The smallest absolute Gasteiger partial charge is 0.323 e. The van der Waals surface area contributed by atoms with Crippen molar-refractivity contribution in [3.05, 3.63) is 35.9 Å². The van der Waals surface area contributed by atoms with Gasteiger partial charge in [0.2, 0.25) is 0 Å². The summed E-state index contributed by atoms with van der Waals surface area (Å²) in [6.45, 7) is 7.12. The van der Waals surface area contributed by atoms with Crippen LogP contribution in [0, 0.1) is 0 Å². The van der Waals surface area contributed by atoms with Gasteiger partial charge < -0.3 is 9.64 Å². The quantitative estimate of drug-likeness (QED) is 0.787. The Morgan fingerprint density at radius 3 is 2.48 bits per heavy atom. The second-order valence-electron chi connectivity index (χ2n) is 6.11. The zero-order valence-corrected chi connectivity index (χ0v) is 12.7. The molecule has 0 saturated carbocycles. The maximum absolute atomic E-state index is 11.8. The molecule has 2 aliphatic heterocycles. The summed E-state index contributed by atoms with van der Waals surface area (Å²) >= 11 is 0.